The molecule has 0 aliphatic carbocycles. The molecule has 0 saturated carbocycles. The SMILES string of the molecule is CC(C)[C@](O)(CO)C(O)[C@](O)(CO)C(C)C. The smallest absolute Gasteiger partial charge is 0.119 e. The maximum atomic E-state index is 10.1. The molecule has 0 aliphatic heterocycles. The Morgan fingerprint density at radius 2 is 1.06 bits per heavy atom. The average molecular weight is 236 g/mol. The van der Waals surface area contributed by atoms with Gasteiger partial charge in [-0.15, -0.1) is 0 Å². The van der Waals surface area contributed by atoms with Gasteiger partial charge in [-0.3, -0.25) is 0 Å². The molecular formula is C11H24O5. The molecular weight excluding hydrogens is 212 g/mol. The predicted octanol–water partition coefficient (Wildman–Crippen LogP) is -0.894. The zero-order valence-electron chi connectivity index (χ0n) is 10.4. The Bertz CT molecular complexity index is 196. The van der Waals surface area contributed by atoms with E-state index in [0.717, 1.165) is 0 Å². The minimum absolute atomic E-state index is 0.454. The van der Waals surface area contributed by atoms with Crippen LogP contribution in [0.1, 0.15) is 27.7 Å². The van der Waals surface area contributed by atoms with Crippen LogP contribution < -0.4 is 0 Å². The van der Waals surface area contributed by atoms with Crippen LogP contribution in [0.4, 0.5) is 0 Å². The molecule has 0 aromatic rings. The molecule has 0 radical (unpaired) electrons. The van der Waals surface area contributed by atoms with Crippen LogP contribution in [0.15, 0.2) is 0 Å². The third kappa shape index (κ3) is 2.55. The largest absolute Gasteiger partial charge is 0.393 e. The molecule has 0 spiro atoms. The molecule has 0 aromatic carbocycles. The Balaban J connectivity index is 5.21. The number of hydrogen-bond acceptors (Lipinski definition) is 5. The molecule has 98 valence electrons. The highest BCUT2D eigenvalue weighted by Gasteiger charge is 2.51. The van der Waals surface area contributed by atoms with Crippen molar-refractivity contribution in [1.29, 1.82) is 0 Å². The monoisotopic (exact) mass is 236 g/mol. The fourth-order valence-electron chi connectivity index (χ4n) is 1.60. The Hall–Kier alpha value is -0.200. The van der Waals surface area contributed by atoms with E-state index >= 15 is 0 Å². The van der Waals surface area contributed by atoms with Crippen LogP contribution >= 0.6 is 0 Å². The van der Waals surface area contributed by atoms with Gasteiger partial charge in [0.2, 0.25) is 0 Å². The molecule has 5 N–H and O–H groups in total. The molecule has 0 amide bonds. The van der Waals surface area contributed by atoms with E-state index < -0.39 is 42.4 Å². The second-order valence-electron chi connectivity index (χ2n) is 5.01. The fraction of sp³-hybridized carbons (Fsp3) is 1.00. The van der Waals surface area contributed by atoms with Crippen LogP contribution in [-0.4, -0.2) is 56.1 Å². The first-order valence-electron chi connectivity index (χ1n) is 5.51. The first kappa shape index (κ1) is 15.8. The summed E-state index contributed by atoms with van der Waals surface area (Å²) in [5, 5.41) is 48.6. The van der Waals surface area contributed by atoms with Crippen LogP contribution in [0.25, 0.3) is 0 Å². The molecule has 0 heterocycles. The summed E-state index contributed by atoms with van der Waals surface area (Å²) in [6, 6.07) is 0. The first-order chi connectivity index (χ1) is 7.16. The van der Waals surface area contributed by atoms with Crippen molar-refractivity contribution in [3.05, 3.63) is 0 Å². The third-order valence-corrected chi connectivity index (χ3v) is 3.45. The van der Waals surface area contributed by atoms with Gasteiger partial charge in [0.05, 0.1) is 13.2 Å². The number of aliphatic hydroxyl groups excluding tert-OH is 3. The van der Waals surface area contributed by atoms with E-state index in [1.807, 2.05) is 0 Å². The minimum Gasteiger partial charge on any atom is -0.393 e. The van der Waals surface area contributed by atoms with E-state index in [1.165, 1.54) is 0 Å². The van der Waals surface area contributed by atoms with Crippen molar-refractivity contribution in [2.24, 2.45) is 11.8 Å². The maximum Gasteiger partial charge on any atom is 0.119 e. The van der Waals surface area contributed by atoms with E-state index in [4.69, 9.17) is 10.2 Å². The van der Waals surface area contributed by atoms with Crippen molar-refractivity contribution >= 4 is 0 Å². The predicted molar refractivity (Wildman–Crippen MR) is 59.8 cm³/mol. The second-order valence-corrected chi connectivity index (χ2v) is 5.01. The van der Waals surface area contributed by atoms with Gasteiger partial charge in [0.25, 0.3) is 0 Å². The summed E-state index contributed by atoms with van der Waals surface area (Å²) in [7, 11) is 0. The molecule has 0 aliphatic rings. The highest BCUT2D eigenvalue weighted by molar-refractivity contribution is 5.02. The molecule has 5 heteroatoms. The maximum absolute atomic E-state index is 10.1. The van der Waals surface area contributed by atoms with Crippen LogP contribution in [0, 0.1) is 11.8 Å². The fourth-order valence-corrected chi connectivity index (χ4v) is 1.60. The van der Waals surface area contributed by atoms with E-state index in [0.29, 0.717) is 0 Å². The average Bonchev–Trinajstić information content (AvgIpc) is 2.25. The van der Waals surface area contributed by atoms with Crippen molar-refractivity contribution in [2.75, 3.05) is 13.2 Å². The molecule has 16 heavy (non-hydrogen) atoms. The lowest BCUT2D eigenvalue weighted by atomic mass is 9.73. The van der Waals surface area contributed by atoms with Crippen molar-refractivity contribution in [1.82, 2.24) is 0 Å². The summed E-state index contributed by atoms with van der Waals surface area (Å²) in [4.78, 5) is 0. The summed E-state index contributed by atoms with van der Waals surface area (Å²) in [5.41, 5.74) is -3.66. The first-order valence-corrected chi connectivity index (χ1v) is 5.51. The van der Waals surface area contributed by atoms with E-state index in [1.54, 1.807) is 27.7 Å². The molecule has 0 rings (SSSR count). The number of aliphatic hydroxyl groups is 5. The lowest BCUT2D eigenvalue weighted by molar-refractivity contribution is -0.227. The summed E-state index contributed by atoms with van der Waals surface area (Å²) < 4.78 is 0. The lowest BCUT2D eigenvalue weighted by Gasteiger charge is -2.45. The Kier molecular flexibility index (Phi) is 5.35. The highest BCUT2D eigenvalue weighted by Crippen LogP contribution is 2.32. The second kappa shape index (κ2) is 5.42. The van der Waals surface area contributed by atoms with Gasteiger partial charge >= 0.3 is 0 Å². The van der Waals surface area contributed by atoms with Crippen molar-refractivity contribution < 1.29 is 25.5 Å². The topological polar surface area (TPSA) is 101 Å². The Morgan fingerprint density at radius 3 is 1.19 bits per heavy atom. The van der Waals surface area contributed by atoms with Gasteiger partial charge in [0.15, 0.2) is 0 Å². The molecule has 0 fully saturated rings. The standard InChI is InChI=1S/C11H24O5/c1-7(2)10(15,5-12)9(14)11(16,6-13)8(3)4/h7-9,12-16H,5-6H2,1-4H3/t9?,10-,11+. The van der Waals surface area contributed by atoms with E-state index in [2.05, 4.69) is 0 Å². The van der Waals surface area contributed by atoms with Crippen molar-refractivity contribution in [2.45, 2.75) is 45.0 Å². The minimum atomic E-state index is -1.83. The zero-order chi connectivity index (χ0) is 13.1. The molecule has 0 bridgehead atoms. The highest BCUT2D eigenvalue weighted by atomic mass is 16.4. The van der Waals surface area contributed by atoms with Crippen LogP contribution in [0.3, 0.4) is 0 Å². The van der Waals surface area contributed by atoms with Gasteiger partial charge < -0.3 is 25.5 Å². The quantitative estimate of drug-likeness (QED) is 0.412. The summed E-state index contributed by atoms with van der Waals surface area (Å²) in [6.45, 7) is 5.13. The van der Waals surface area contributed by atoms with Gasteiger partial charge in [-0.05, 0) is 11.8 Å². The van der Waals surface area contributed by atoms with Crippen molar-refractivity contribution in [3.8, 4) is 0 Å². The summed E-state index contributed by atoms with van der Waals surface area (Å²) in [5.74, 6) is -0.909. The molecule has 5 nitrogen and oxygen atoms in total. The van der Waals surface area contributed by atoms with Crippen LogP contribution in [-0.2, 0) is 0 Å². The number of hydrogen-bond donors (Lipinski definition) is 5. The van der Waals surface area contributed by atoms with Gasteiger partial charge in [-0.25, -0.2) is 0 Å². The molecule has 0 saturated heterocycles. The molecule has 0 aromatic heterocycles. The molecule has 3 atom stereocenters. The van der Waals surface area contributed by atoms with Gasteiger partial charge in [0.1, 0.15) is 17.3 Å². The van der Waals surface area contributed by atoms with Gasteiger partial charge in [-0.2, -0.15) is 0 Å². The zero-order valence-corrected chi connectivity index (χ0v) is 10.4. The third-order valence-electron chi connectivity index (χ3n) is 3.45. The van der Waals surface area contributed by atoms with Crippen LogP contribution in [0.5, 0.6) is 0 Å². The Labute approximate surface area is 96.4 Å². The molecule has 1 unspecified atom stereocenters. The van der Waals surface area contributed by atoms with Crippen LogP contribution in [0.2, 0.25) is 0 Å². The Morgan fingerprint density at radius 1 is 0.812 bits per heavy atom. The van der Waals surface area contributed by atoms with Gasteiger partial charge in [0, 0.05) is 0 Å². The van der Waals surface area contributed by atoms with E-state index in [-0.39, 0.29) is 0 Å². The lowest BCUT2D eigenvalue weighted by Crippen LogP contribution is -2.64. The van der Waals surface area contributed by atoms with E-state index in [9.17, 15) is 15.3 Å². The summed E-state index contributed by atoms with van der Waals surface area (Å²) >= 11 is 0. The van der Waals surface area contributed by atoms with Gasteiger partial charge in [-0.1, -0.05) is 27.7 Å². The normalized spacial score (nSPS) is 21.9. The van der Waals surface area contributed by atoms with Crippen molar-refractivity contribution in [3.63, 3.8) is 0 Å². The number of rotatable bonds is 6. The summed E-state index contributed by atoms with van der Waals surface area (Å²) in [6.07, 6.45) is -1.62.